The van der Waals surface area contributed by atoms with E-state index in [1.54, 1.807) is 6.92 Å². The van der Waals surface area contributed by atoms with Gasteiger partial charge >= 0.3 is 5.97 Å². The molecule has 0 bridgehead atoms. The van der Waals surface area contributed by atoms with Gasteiger partial charge in [-0.1, -0.05) is 0 Å². The molecule has 0 rings (SSSR count). The Hall–Kier alpha value is -0.330. The first kappa shape index (κ1) is 12.7. The predicted octanol–water partition coefficient (Wildman–Crippen LogP) is 0.00740. The van der Waals surface area contributed by atoms with Crippen LogP contribution in [0.15, 0.2) is 0 Å². The summed E-state index contributed by atoms with van der Waals surface area (Å²) in [6, 6.07) is 0. The minimum Gasteiger partial charge on any atom is -0.465 e. The van der Waals surface area contributed by atoms with E-state index in [1.165, 1.54) is 7.05 Å². The summed E-state index contributed by atoms with van der Waals surface area (Å²) < 4.78 is 27.5. The SMILES string of the molecule is CCOC(=O)CN(C)S(=O)(=O)CCl. The van der Waals surface area contributed by atoms with E-state index in [1.807, 2.05) is 0 Å². The molecule has 0 amide bonds. The van der Waals surface area contributed by atoms with E-state index < -0.39 is 21.2 Å². The van der Waals surface area contributed by atoms with Gasteiger partial charge in [0.2, 0.25) is 10.0 Å². The molecule has 7 heteroatoms. The number of carbonyl (C=O) groups excluding carboxylic acids is 1. The summed E-state index contributed by atoms with van der Waals surface area (Å²) in [7, 11) is -2.24. The number of rotatable bonds is 5. The zero-order chi connectivity index (χ0) is 10.5. The summed E-state index contributed by atoms with van der Waals surface area (Å²) in [5, 5.41) is -0.539. The standard InChI is InChI=1S/C6H12ClNO4S/c1-3-12-6(9)4-8(2)13(10,11)5-7/h3-5H2,1-2H3. The number of ether oxygens (including phenoxy) is 1. The van der Waals surface area contributed by atoms with Gasteiger partial charge in [0.15, 0.2) is 0 Å². The van der Waals surface area contributed by atoms with E-state index in [0.29, 0.717) is 0 Å². The number of nitrogens with zero attached hydrogens (tertiary/aromatic N) is 1. The molecule has 0 fully saturated rings. The zero-order valence-corrected chi connectivity index (χ0v) is 9.06. The van der Waals surface area contributed by atoms with Crippen LogP contribution < -0.4 is 0 Å². The topological polar surface area (TPSA) is 63.7 Å². The minimum absolute atomic E-state index is 0.230. The highest BCUT2D eigenvalue weighted by atomic mass is 35.5. The first-order valence-corrected chi connectivity index (χ1v) is 5.74. The van der Waals surface area contributed by atoms with Gasteiger partial charge in [0.25, 0.3) is 0 Å². The number of hydrogen-bond acceptors (Lipinski definition) is 4. The first-order valence-electron chi connectivity index (χ1n) is 3.59. The number of halogens is 1. The van der Waals surface area contributed by atoms with Crippen LogP contribution >= 0.6 is 11.6 Å². The summed E-state index contributed by atoms with van der Waals surface area (Å²) in [5.74, 6) is -0.585. The Kier molecular flexibility index (Phi) is 5.27. The predicted molar refractivity (Wildman–Crippen MR) is 48.9 cm³/mol. The van der Waals surface area contributed by atoms with Crippen LogP contribution in [0, 0.1) is 0 Å². The Labute approximate surface area is 82.7 Å². The van der Waals surface area contributed by atoms with Gasteiger partial charge in [0.1, 0.15) is 11.8 Å². The fraction of sp³-hybridized carbons (Fsp3) is 0.833. The number of alkyl halides is 1. The second kappa shape index (κ2) is 5.41. The Bertz CT molecular complexity index is 264. The van der Waals surface area contributed by atoms with Gasteiger partial charge in [0, 0.05) is 7.05 Å². The largest absolute Gasteiger partial charge is 0.465 e. The number of likely N-dealkylation sites (N-methyl/N-ethyl adjacent to an activating group) is 1. The van der Waals surface area contributed by atoms with Crippen molar-refractivity contribution in [3.63, 3.8) is 0 Å². The fourth-order valence-corrected chi connectivity index (χ4v) is 1.54. The highest BCUT2D eigenvalue weighted by Crippen LogP contribution is 2.00. The highest BCUT2D eigenvalue weighted by molar-refractivity contribution is 7.90. The van der Waals surface area contributed by atoms with E-state index in [0.717, 1.165) is 4.31 Å². The third-order valence-electron chi connectivity index (χ3n) is 1.27. The number of hydrogen-bond donors (Lipinski definition) is 0. The summed E-state index contributed by atoms with van der Waals surface area (Å²) in [5.41, 5.74) is 0. The highest BCUT2D eigenvalue weighted by Gasteiger charge is 2.19. The van der Waals surface area contributed by atoms with Crippen LogP contribution in [-0.2, 0) is 19.6 Å². The normalized spacial score (nSPS) is 11.7. The van der Waals surface area contributed by atoms with Crippen molar-refractivity contribution >= 4 is 27.6 Å². The van der Waals surface area contributed by atoms with Gasteiger partial charge in [-0.2, -0.15) is 4.31 Å². The lowest BCUT2D eigenvalue weighted by Crippen LogP contribution is -2.33. The maximum atomic E-state index is 11.0. The van der Waals surface area contributed by atoms with Crippen molar-refractivity contribution in [2.45, 2.75) is 6.92 Å². The lowest BCUT2D eigenvalue weighted by Gasteiger charge is -2.13. The molecule has 0 aromatic rings. The maximum absolute atomic E-state index is 11.0. The average molecular weight is 230 g/mol. The number of carbonyl (C=O) groups is 1. The third kappa shape index (κ3) is 4.44. The zero-order valence-electron chi connectivity index (χ0n) is 7.49. The molecule has 0 spiro atoms. The molecule has 0 saturated carbocycles. The average Bonchev–Trinajstić information content (AvgIpc) is 2.04. The van der Waals surface area contributed by atoms with Crippen LogP contribution in [0.25, 0.3) is 0 Å². The lowest BCUT2D eigenvalue weighted by atomic mass is 10.6. The summed E-state index contributed by atoms with van der Waals surface area (Å²) in [6.45, 7) is 1.57. The van der Waals surface area contributed by atoms with E-state index >= 15 is 0 Å². The monoisotopic (exact) mass is 229 g/mol. The second-order valence-corrected chi connectivity index (χ2v) is 4.94. The maximum Gasteiger partial charge on any atom is 0.321 e. The molecule has 78 valence electrons. The molecule has 0 aromatic heterocycles. The summed E-state index contributed by atoms with van der Waals surface area (Å²) in [6.07, 6.45) is 0. The number of sulfonamides is 1. The van der Waals surface area contributed by atoms with Crippen LogP contribution in [0.3, 0.4) is 0 Å². The van der Waals surface area contributed by atoms with Crippen molar-refractivity contribution in [2.75, 3.05) is 25.4 Å². The van der Waals surface area contributed by atoms with Gasteiger partial charge in [0.05, 0.1) is 6.61 Å². The summed E-state index contributed by atoms with van der Waals surface area (Å²) >= 11 is 5.17. The van der Waals surface area contributed by atoms with Crippen molar-refractivity contribution in [3.05, 3.63) is 0 Å². The molecule has 0 saturated heterocycles. The fourth-order valence-electron chi connectivity index (χ4n) is 0.570. The Morgan fingerprint density at radius 3 is 2.46 bits per heavy atom. The lowest BCUT2D eigenvalue weighted by molar-refractivity contribution is -0.143. The Balaban J connectivity index is 4.16. The number of esters is 1. The molecule has 0 aromatic carbocycles. The molecule has 0 aliphatic heterocycles. The molecular weight excluding hydrogens is 218 g/mol. The molecule has 0 heterocycles. The van der Waals surface area contributed by atoms with Crippen molar-refractivity contribution in [1.29, 1.82) is 0 Å². The third-order valence-corrected chi connectivity index (χ3v) is 3.45. The van der Waals surface area contributed by atoms with E-state index in [9.17, 15) is 13.2 Å². The molecule has 13 heavy (non-hydrogen) atoms. The van der Waals surface area contributed by atoms with Gasteiger partial charge in [-0.25, -0.2) is 8.42 Å². The molecule has 0 N–H and O–H groups in total. The molecule has 0 aliphatic rings. The molecular formula is C6H12ClNO4S. The molecule has 5 nitrogen and oxygen atoms in total. The van der Waals surface area contributed by atoms with Crippen LogP contribution in [0.1, 0.15) is 6.92 Å². The molecule has 0 atom stereocenters. The van der Waals surface area contributed by atoms with Crippen molar-refractivity contribution in [3.8, 4) is 0 Å². The second-order valence-electron chi connectivity index (χ2n) is 2.28. The summed E-state index contributed by atoms with van der Waals surface area (Å²) in [4.78, 5) is 10.8. The quantitative estimate of drug-likeness (QED) is 0.492. The van der Waals surface area contributed by atoms with Crippen LogP contribution in [-0.4, -0.2) is 44.1 Å². The molecule has 0 aliphatic carbocycles. The first-order chi connectivity index (χ1) is 5.94. The van der Waals surface area contributed by atoms with Gasteiger partial charge in [-0.3, -0.25) is 4.79 Å². The Morgan fingerprint density at radius 2 is 2.08 bits per heavy atom. The Morgan fingerprint density at radius 1 is 1.54 bits per heavy atom. The molecule has 0 unspecified atom stereocenters. The van der Waals surface area contributed by atoms with Crippen LogP contribution in [0.5, 0.6) is 0 Å². The minimum atomic E-state index is -3.51. The van der Waals surface area contributed by atoms with E-state index in [4.69, 9.17) is 11.6 Å². The van der Waals surface area contributed by atoms with Crippen molar-refractivity contribution in [2.24, 2.45) is 0 Å². The molecule has 0 radical (unpaired) electrons. The van der Waals surface area contributed by atoms with Gasteiger partial charge in [-0.15, -0.1) is 11.6 Å². The smallest absolute Gasteiger partial charge is 0.321 e. The van der Waals surface area contributed by atoms with E-state index in [-0.39, 0.29) is 13.2 Å². The van der Waals surface area contributed by atoms with Crippen molar-refractivity contribution in [1.82, 2.24) is 4.31 Å². The van der Waals surface area contributed by atoms with Crippen LogP contribution in [0.4, 0.5) is 0 Å². The van der Waals surface area contributed by atoms with Gasteiger partial charge in [-0.05, 0) is 6.92 Å². The van der Waals surface area contributed by atoms with E-state index in [2.05, 4.69) is 4.74 Å². The van der Waals surface area contributed by atoms with Crippen molar-refractivity contribution < 1.29 is 17.9 Å². The van der Waals surface area contributed by atoms with Crippen LogP contribution in [0.2, 0.25) is 0 Å². The van der Waals surface area contributed by atoms with Gasteiger partial charge < -0.3 is 4.74 Å².